The molecule has 0 aliphatic carbocycles. The zero-order chi connectivity index (χ0) is 10.2. The van der Waals surface area contributed by atoms with Gasteiger partial charge in [-0.3, -0.25) is 0 Å². The van der Waals surface area contributed by atoms with Gasteiger partial charge in [-0.05, 0) is 6.07 Å². The first-order chi connectivity index (χ1) is 5.95. The molecule has 70 valence electrons. The van der Waals surface area contributed by atoms with Crippen molar-refractivity contribution in [3.63, 3.8) is 0 Å². The van der Waals surface area contributed by atoms with Crippen molar-refractivity contribution in [2.45, 2.75) is 0 Å². The quantitative estimate of drug-likeness (QED) is 0.620. The Bertz CT molecular complexity index is 351. The van der Waals surface area contributed by atoms with Crippen LogP contribution in [0.25, 0.3) is 0 Å². The van der Waals surface area contributed by atoms with E-state index in [0.29, 0.717) is 5.56 Å². The van der Waals surface area contributed by atoms with Gasteiger partial charge in [0.2, 0.25) is 0 Å². The molecule has 0 atom stereocenters. The first-order valence-electron chi connectivity index (χ1n) is 3.08. The van der Waals surface area contributed by atoms with E-state index in [9.17, 15) is 0 Å². The molecule has 0 bridgehead atoms. The van der Waals surface area contributed by atoms with Crippen LogP contribution in [-0.2, 0) is 0 Å². The number of hydrogen-bond donors (Lipinski definition) is 1. The molecule has 0 amide bonds. The van der Waals surface area contributed by atoms with Crippen molar-refractivity contribution in [3.05, 3.63) is 31.7 Å². The van der Waals surface area contributed by atoms with Gasteiger partial charge in [0, 0.05) is 5.56 Å². The van der Waals surface area contributed by atoms with Crippen molar-refractivity contribution in [2.75, 3.05) is 0 Å². The number of nitrogens with two attached hydrogens (primary N) is 1. The van der Waals surface area contributed by atoms with Crippen molar-refractivity contribution in [2.24, 2.45) is 5.73 Å². The predicted molar refractivity (Wildman–Crippen MR) is 62.4 cm³/mol. The van der Waals surface area contributed by atoms with E-state index in [1.807, 2.05) is 0 Å². The third kappa shape index (κ3) is 2.20. The van der Waals surface area contributed by atoms with Crippen molar-refractivity contribution in [1.29, 1.82) is 0 Å². The highest BCUT2D eigenvalue weighted by molar-refractivity contribution is 7.80. The van der Waals surface area contributed by atoms with E-state index in [2.05, 4.69) is 0 Å². The molecule has 0 radical (unpaired) electrons. The van der Waals surface area contributed by atoms with E-state index in [-0.39, 0.29) is 25.1 Å². The third-order valence-electron chi connectivity index (χ3n) is 1.36. The Morgan fingerprint density at radius 1 is 1.08 bits per heavy atom. The zero-order valence-electron chi connectivity index (χ0n) is 6.07. The SMILES string of the molecule is NC(=S)c1c(Cl)c(Cl)cc(Cl)c1Cl. The second kappa shape index (κ2) is 4.20. The molecule has 0 aliphatic heterocycles. The molecule has 6 heteroatoms. The Hall–Kier alpha value is 0.270. The standard InChI is InChI=1S/C7H3Cl4NS/c8-2-1-3(9)6(11)4(5(2)10)7(12)13/h1H,(H2,12,13). The summed E-state index contributed by atoms with van der Waals surface area (Å²) in [5.41, 5.74) is 5.71. The second-order valence-corrected chi connectivity index (χ2v) is 4.22. The van der Waals surface area contributed by atoms with Crippen LogP contribution in [0.4, 0.5) is 0 Å². The van der Waals surface area contributed by atoms with E-state index >= 15 is 0 Å². The van der Waals surface area contributed by atoms with Gasteiger partial charge in [-0.1, -0.05) is 58.6 Å². The number of benzene rings is 1. The molecule has 0 saturated carbocycles. The van der Waals surface area contributed by atoms with Gasteiger partial charge in [-0.25, -0.2) is 0 Å². The first kappa shape index (κ1) is 11.3. The summed E-state index contributed by atoms with van der Waals surface area (Å²) in [6.07, 6.45) is 0. The van der Waals surface area contributed by atoms with Gasteiger partial charge in [0.15, 0.2) is 0 Å². The minimum absolute atomic E-state index is 0.0689. The van der Waals surface area contributed by atoms with Crippen LogP contribution in [0.15, 0.2) is 6.07 Å². The molecule has 0 aliphatic rings. The minimum atomic E-state index is 0.0689. The fourth-order valence-corrected chi connectivity index (χ4v) is 2.12. The van der Waals surface area contributed by atoms with Crippen molar-refractivity contribution < 1.29 is 0 Å². The fourth-order valence-electron chi connectivity index (χ4n) is 0.789. The van der Waals surface area contributed by atoms with Crippen LogP contribution >= 0.6 is 58.6 Å². The molecule has 0 aromatic heterocycles. The maximum atomic E-state index is 5.82. The van der Waals surface area contributed by atoms with E-state index in [0.717, 1.165) is 0 Å². The molecular weight excluding hydrogens is 272 g/mol. The monoisotopic (exact) mass is 273 g/mol. The second-order valence-electron chi connectivity index (χ2n) is 2.21. The van der Waals surface area contributed by atoms with Gasteiger partial charge in [-0.15, -0.1) is 0 Å². The van der Waals surface area contributed by atoms with Gasteiger partial charge < -0.3 is 5.73 Å². The fraction of sp³-hybridized carbons (Fsp3) is 0. The molecule has 0 heterocycles. The molecule has 0 fully saturated rings. The largest absolute Gasteiger partial charge is 0.389 e. The highest BCUT2D eigenvalue weighted by atomic mass is 35.5. The van der Waals surface area contributed by atoms with Gasteiger partial charge in [-0.2, -0.15) is 0 Å². The van der Waals surface area contributed by atoms with E-state index in [4.69, 9.17) is 64.4 Å². The lowest BCUT2D eigenvalue weighted by Gasteiger charge is -2.07. The molecule has 0 unspecified atom stereocenters. The molecule has 1 rings (SSSR count). The summed E-state index contributed by atoms with van der Waals surface area (Å²) in [4.78, 5) is 0.0689. The number of hydrogen-bond acceptors (Lipinski definition) is 1. The summed E-state index contributed by atoms with van der Waals surface area (Å²) in [5, 5.41) is 1.00. The summed E-state index contributed by atoms with van der Waals surface area (Å²) in [5.74, 6) is 0. The summed E-state index contributed by atoms with van der Waals surface area (Å²) in [6.45, 7) is 0. The summed E-state index contributed by atoms with van der Waals surface area (Å²) >= 11 is 27.9. The van der Waals surface area contributed by atoms with Crippen molar-refractivity contribution in [1.82, 2.24) is 0 Å². The lowest BCUT2D eigenvalue weighted by atomic mass is 10.2. The molecule has 0 saturated heterocycles. The first-order valence-corrected chi connectivity index (χ1v) is 5.00. The zero-order valence-corrected chi connectivity index (χ0v) is 9.92. The van der Waals surface area contributed by atoms with Gasteiger partial charge in [0.25, 0.3) is 0 Å². The van der Waals surface area contributed by atoms with Crippen LogP contribution in [0.2, 0.25) is 20.1 Å². The molecule has 13 heavy (non-hydrogen) atoms. The smallest absolute Gasteiger partial charge is 0.107 e. The van der Waals surface area contributed by atoms with E-state index in [1.165, 1.54) is 6.07 Å². The Balaban J connectivity index is 3.56. The van der Waals surface area contributed by atoms with Crippen molar-refractivity contribution >= 4 is 63.6 Å². The van der Waals surface area contributed by atoms with Gasteiger partial charge >= 0.3 is 0 Å². The maximum Gasteiger partial charge on any atom is 0.107 e. The highest BCUT2D eigenvalue weighted by Gasteiger charge is 2.15. The number of thiocarbonyl (C=S) groups is 1. The Labute approximate surface area is 101 Å². The molecule has 2 N–H and O–H groups in total. The van der Waals surface area contributed by atoms with Crippen LogP contribution in [0.5, 0.6) is 0 Å². The molecular formula is C7H3Cl4NS. The van der Waals surface area contributed by atoms with Crippen LogP contribution in [0, 0.1) is 0 Å². The summed E-state index contributed by atoms with van der Waals surface area (Å²) in [6, 6.07) is 1.44. The summed E-state index contributed by atoms with van der Waals surface area (Å²) < 4.78 is 0. The molecule has 1 nitrogen and oxygen atoms in total. The average molecular weight is 275 g/mol. The van der Waals surface area contributed by atoms with Gasteiger partial charge in [0.1, 0.15) is 4.99 Å². The third-order valence-corrected chi connectivity index (χ3v) is 3.14. The lowest BCUT2D eigenvalue weighted by Crippen LogP contribution is -2.11. The maximum absolute atomic E-state index is 5.82. The average Bonchev–Trinajstić information content (AvgIpc) is 2.01. The van der Waals surface area contributed by atoms with E-state index in [1.54, 1.807) is 0 Å². The summed E-state index contributed by atoms with van der Waals surface area (Å²) in [7, 11) is 0. The van der Waals surface area contributed by atoms with Crippen LogP contribution < -0.4 is 5.73 Å². The van der Waals surface area contributed by atoms with Crippen LogP contribution in [-0.4, -0.2) is 4.99 Å². The molecule has 1 aromatic rings. The Morgan fingerprint density at radius 3 is 1.77 bits per heavy atom. The van der Waals surface area contributed by atoms with Crippen LogP contribution in [0.1, 0.15) is 5.56 Å². The molecule has 1 aromatic carbocycles. The van der Waals surface area contributed by atoms with Crippen molar-refractivity contribution in [3.8, 4) is 0 Å². The minimum Gasteiger partial charge on any atom is -0.389 e. The highest BCUT2D eigenvalue weighted by Crippen LogP contribution is 2.36. The van der Waals surface area contributed by atoms with E-state index < -0.39 is 0 Å². The normalized spacial score (nSPS) is 10.2. The van der Waals surface area contributed by atoms with Crippen LogP contribution in [0.3, 0.4) is 0 Å². The number of halogens is 4. The topological polar surface area (TPSA) is 26.0 Å². The Morgan fingerprint density at radius 2 is 1.46 bits per heavy atom. The predicted octanol–water partition coefficient (Wildman–Crippen LogP) is 3.93. The number of rotatable bonds is 1. The van der Waals surface area contributed by atoms with Gasteiger partial charge in [0.05, 0.1) is 20.1 Å². The lowest BCUT2D eigenvalue weighted by molar-refractivity contribution is 1.62. The Kier molecular flexibility index (Phi) is 3.66. The molecule has 0 spiro atoms.